The molecule has 0 atom stereocenters. The van der Waals surface area contributed by atoms with Crippen LogP contribution in [0.15, 0.2) is 17.3 Å². The van der Waals surface area contributed by atoms with Crippen molar-refractivity contribution in [2.45, 2.75) is 42.7 Å². The van der Waals surface area contributed by atoms with E-state index in [4.69, 9.17) is 0 Å². The summed E-state index contributed by atoms with van der Waals surface area (Å²) in [5.41, 5.74) is -0.345. The van der Waals surface area contributed by atoms with Crippen LogP contribution in [0, 0.1) is 0 Å². The Morgan fingerprint density at radius 1 is 1.41 bits per heavy atom. The highest BCUT2D eigenvalue weighted by Gasteiger charge is 2.35. The Labute approximate surface area is 110 Å². The summed E-state index contributed by atoms with van der Waals surface area (Å²) in [7, 11) is -3.49. The van der Waals surface area contributed by atoms with Crippen LogP contribution in [-0.4, -0.2) is 29.5 Å². The van der Waals surface area contributed by atoms with Gasteiger partial charge in [0.05, 0.1) is 6.20 Å². The van der Waals surface area contributed by atoms with Crippen molar-refractivity contribution in [3.63, 3.8) is 0 Å². The van der Waals surface area contributed by atoms with Gasteiger partial charge in [0.2, 0.25) is 0 Å². The van der Waals surface area contributed by atoms with Crippen LogP contribution in [0.1, 0.15) is 32.1 Å². The van der Waals surface area contributed by atoms with Crippen molar-refractivity contribution in [3.05, 3.63) is 12.3 Å². The molecule has 0 aromatic carbocycles. The minimum absolute atomic E-state index is 0.128. The number of H-pyrrole nitrogens is 1. The molecule has 1 fully saturated rings. The summed E-state index contributed by atoms with van der Waals surface area (Å²) in [4.78, 5) is 0. The molecule has 2 rings (SSSR count). The van der Waals surface area contributed by atoms with Gasteiger partial charge in [-0.15, -0.1) is 0 Å². The topological polar surface area (TPSA) is 74.8 Å². The van der Waals surface area contributed by atoms with Crippen LogP contribution in [0.3, 0.4) is 0 Å². The maximum atomic E-state index is 12.1. The lowest BCUT2D eigenvalue weighted by molar-refractivity contribution is 0.301. The standard InChI is InChI=1S/C10H16BrN3O2S/c11-8-10(5-2-1-3-6-10)14-17(15,16)9-4-7-12-13-9/h4,7,14H,1-3,5-6,8H2,(H,12,13). The van der Waals surface area contributed by atoms with Gasteiger partial charge in [-0.2, -0.15) is 5.10 Å². The molecule has 17 heavy (non-hydrogen) atoms. The number of aromatic nitrogens is 2. The predicted octanol–water partition coefficient (Wildman–Crippen LogP) is 1.79. The van der Waals surface area contributed by atoms with Gasteiger partial charge < -0.3 is 0 Å². The molecule has 1 aromatic heterocycles. The molecule has 0 aliphatic heterocycles. The Morgan fingerprint density at radius 2 is 2.12 bits per heavy atom. The molecule has 0 radical (unpaired) electrons. The SMILES string of the molecule is O=S(=O)(NC1(CBr)CCCCC1)c1ccn[nH]1. The fourth-order valence-electron chi connectivity index (χ4n) is 2.22. The number of rotatable bonds is 4. The first-order valence-electron chi connectivity index (χ1n) is 5.67. The summed E-state index contributed by atoms with van der Waals surface area (Å²) in [6, 6.07) is 1.47. The fraction of sp³-hybridized carbons (Fsp3) is 0.700. The predicted molar refractivity (Wildman–Crippen MR) is 68.5 cm³/mol. The molecule has 0 bridgehead atoms. The summed E-state index contributed by atoms with van der Waals surface area (Å²) >= 11 is 3.43. The number of halogens is 1. The van der Waals surface area contributed by atoms with E-state index in [1.807, 2.05) is 0 Å². The van der Waals surface area contributed by atoms with E-state index in [1.54, 1.807) is 0 Å². The monoisotopic (exact) mass is 321 g/mol. The molecule has 1 aliphatic carbocycles. The zero-order valence-corrected chi connectivity index (χ0v) is 11.8. The van der Waals surface area contributed by atoms with E-state index in [-0.39, 0.29) is 10.6 Å². The lowest BCUT2D eigenvalue weighted by Gasteiger charge is -2.35. The summed E-state index contributed by atoms with van der Waals surface area (Å²) in [6.45, 7) is 0. The molecule has 2 N–H and O–H groups in total. The molecule has 0 amide bonds. The van der Waals surface area contributed by atoms with Gasteiger partial charge in [0.15, 0.2) is 5.03 Å². The summed E-state index contributed by atoms with van der Waals surface area (Å²) < 4.78 is 27.1. The minimum Gasteiger partial charge on any atom is -0.266 e. The lowest BCUT2D eigenvalue weighted by atomic mass is 9.84. The van der Waals surface area contributed by atoms with Gasteiger partial charge >= 0.3 is 0 Å². The van der Waals surface area contributed by atoms with Gasteiger partial charge in [-0.25, -0.2) is 13.1 Å². The Bertz CT molecular complexity index is 452. The van der Waals surface area contributed by atoms with E-state index < -0.39 is 10.0 Å². The van der Waals surface area contributed by atoms with Crippen LogP contribution >= 0.6 is 15.9 Å². The van der Waals surface area contributed by atoms with Crippen molar-refractivity contribution in [2.75, 3.05) is 5.33 Å². The van der Waals surface area contributed by atoms with Crippen LogP contribution in [0.4, 0.5) is 0 Å². The highest BCUT2D eigenvalue weighted by atomic mass is 79.9. The second kappa shape index (κ2) is 5.07. The van der Waals surface area contributed by atoms with Crippen molar-refractivity contribution < 1.29 is 8.42 Å². The van der Waals surface area contributed by atoms with Gasteiger partial charge in [0, 0.05) is 10.9 Å². The molecular weight excluding hydrogens is 306 g/mol. The van der Waals surface area contributed by atoms with Crippen LogP contribution in [0.25, 0.3) is 0 Å². The first-order valence-corrected chi connectivity index (χ1v) is 8.28. The third-order valence-corrected chi connectivity index (χ3v) is 5.76. The molecule has 1 aromatic rings. The van der Waals surface area contributed by atoms with E-state index in [1.165, 1.54) is 18.7 Å². The van der Waals surface area contributed by atoms with E-state index in [2.05, 4.69) is 30.8 Å². The highest BCUT2D eigenvalue weighted by Crippen LogP contribution is 2.31. The largest absolute Gasteiger partial charge is 0.266 e. The number of nitrogens with zero attached hydrogens (tertiary/aromatic N) is 1. The number of nitrogens with one attached hydrogen (secondary N) is 2. The molecule has 96 valence electrons. The van der Waals surface area contributed by atoms with Gasteiger partial charge in [-0.3, -0.25) is 5.10 Å². The molecule has 0 spiro atoms. The number of hydrogen-bond acceptors (Lipinski definition) is 3. The smallest absolute Gasteiger partial charge is 0.257 e. The molecule has 0 saturated heterocycles. The fourth-order valence-corrected chi connectivity index (χ4v) is 4.48. The third-order valence-electron chi connectivity index (χ3n) is 3.18. The van der Waals surface area contributed by atoms with Crippen molar-refractivity contribution in [1.82, 2.24) is 14.9 Å². The molecule has 1 aliphatic rings. The maximum absolute atomic E-state index is 12.1. The van der Waals surface area contributed by atoms with Crippen LogP contribution in [0.2, 0.25) is 0 Å². The van der Waals surface area contributed by atoms with Crippen molar-refractivity contribution >= 4 is 26.0 Å². The van der Waals surface area contributed by atoms with E-state index >= 15 is 0 Å². The van der Waals surface area contributed by atoms with E-state index in [0.717, 1.165) is 25.7 Å². The summed E-state index contributed by atoms with van der Waals surface area (Å²) in [6.07, 6.45) is 6.52. The first kappa shape index (κ1) is 13.0. The average molecular weight is 322 g/mol. The molecule has 7 heteroatoms. The number of alkyl halides is 1. The zero-order valence-electron chi connectivity index (χ0n) is 9.45. The Morgan fingerprint density at radius 3 is 2.65 bits per heavy atom. The quantitative estimate of drug-likeness (QED) is 0.830. The molecule has 0 unspecified atom stereocenters. The molecule has 1 saturated carbocycles. The number of hydrogen-bond donors (Lipinski definition) is 2. The van der Waals surface area contributed by atoms with E-state index in [0.29, 0.717) is 5.33 Å². The minimum atomic E-state index is -3.49. The Hall–Kier alpha value is -0.400. The van der Waals surface area contributed by atoms with Crippen LogP contribution < -0.4 is 4.72 Å². The lowest BCUT2D eigenvalue weighted by Crippen LogP contribution is -2.51. The molecule has 1 heterocycles. The van der Waals surface area contributed by atoms with Crippen molar-refractivity contribution in [1.29, 1.82) is 0 Å². The highest BCUT2D eigenvalue weighted by molar-refractivity contribution is 9.09. The normalized spacial score (nSPS) is 20.3. The van der Waals surface area contributed by atoms with Crippen molar-refractivity contribution in [2.24, 2.45) is 0 Å². The van der Waals surface area contributed by atoms with Gasteiger partial charge in [0.25, 0.3) is 10.0 Å². The third kappa shape index (κ3) is 2.89. The van der Waals surface area contributed by atoms with Gasteiger partial charge in [0.1, 0.15) is 0 Å². The number of sulfonamides is 1. The molecular formula is C10H16BrN3O2S. The second-order valence-corrected chi connectivity index (χ2v) is 6.71. The van der Waals surface area contributed by atoms with Gasteiger partial charge in [-0.05, 0) is 18.9 Å². The number of aromatic amines is 1. The Balaban J connectivity index is 2.19. The first-order chi connectivity index (χ1) is 8.08. The maximum Gasteiger partial charge on any atom is 0.257 e. The summed E-state index contributed by atoms with van der Waals surface area (Å²) in [5, 5.41) is 6.94. The zero-order chi connectivity index (χ0) is 12.4. The van der Waals surface area contributed by atoms with Gasteiger partial charge in [-0.1, -0.05) is 35.2 Å². The average Bonchev–Trinajstić information content (AvgIpc) is 2.84. The molecule has 5 nitrogen and oxygen atoms in total. The van der Waals surface area contributed by atoms with Crippen molar-refractivity contribution in [3.8, 4) is 0 Å². The second-order valence-electron chi connectivity index (χ2n) is 4.50. The Kier molecular flexibility index (Phi) is 3.89. The van der Waals surface area contributed by atoms with E-state index in [9.17, 15) is 8.42 Å². The van der Waals surface area contributed by atoms with Crippen LogP contribution in [-0.2, 0) is 10.0 Å². The summed E-state index contributed by atoms with van der Waals surface area (Å²) in [5.74, 6) is 0. The van der Waals surface area contributed by atoms with Crippen LogP contribution in [0.5, 0.6) is 0 Å².